The minimum Gasteiger partial charge on any atom is -0.444 e. The van der Waals surface area contributed by atoms with Gasteiger partial charge in [0, 0.05) is 30.1 Å². The van der Waals surface area contributed by atoms with E-state index < -0.39 is 24.4 Å². The van der Waals surface area contributed by atoms with Gasteiger partial charge in [0.15, 0.2) is 6.29 Å². The van der Waals surface area contributed by atoms with Crippen molar-refractivity contribution in [3.8, 4) is 12.3 Å². The quantitative estimate of drug-likeness (QED) is 0.405. The van der Waals surface area contributed by atoms with Crippen LogP contribution < -0.4 is 10.6 Å². The summed E-state index contributed by atoms with van der Waals surface area (Å²) in [5.41, 5.74) is 1.14. The summed E-state index contributed by atoms with van der Waals surface area (Å²) < 4.78 is 44.2. The molecule has 12 heteroatoms. The van der Waals surface area contributed by atoms with Gasteiger partial charge in [0.05, 0.1) is 30.9 Å². The normalized spacial score (nSPS) is 18.8. The first-order valence-corrected chi connectivity index (χ1v) is 14.8. The number of amides is 2. The molecule has 1 aliphatic carbocycles. The molecule has 5 rings (SSSR count). The maximum Gasteiger partial charge on any atom is 0.410 e. The maximum absolute atomic E-state index is 13.6. The van der Waals surface area contributed by atoms with Gasteiger partial charge < -0.3 is 29.7 Å². The summed E-state index contributed by atoms with van der Waals surface area (Å²) in [6, 6.07) is 3.81. The van der Waals surface area contributed by atoms with Crippen LogP contribution in [0.2, 0.25) is 0 Å². The highest BCUT2D eigenvalue weighted by molar-refractivity contribution is 5.79. The number of aromatic nitrogens is 2. The largest absolute Gasteiger partial charge is 0.444 e. The molecule has 1 aromatic carbocycles. The smallest absolute Gasteiger partial charge is 0.410 e. The van der Waals surface area contributed by atoms with E-state index in [0.717, 1.165) is 12.8 Å². The Morgan fingerprint density at radius 2 is 1.82 bits per heavy atom. The number of hydrogen-bond donors (Lipinski definition) is 2. The molecule has 1 atom stereocenters. The van der Waals surface area contributed by atoms with E-state index in [-0.39, 0.29) is 35.4 Å². The summed E-state index contributed by atoms with van der Waals surface area (Å²) in [6.07, 6.45) is 3.59. The summed E-state index contributed by atoms with van der Waals surface area (Å²) in [5, 5.41) is 6.29. The predicted molar refractivity (Wildman–Crippen MR) is 158 cm³/mol. The molecule has 2 saturated heterocycles. The number of aryl methyl sites for hydroxylation is 1. The highest BCUT2D eigenvalue weighted by atomic mass is 19.3. The third-order valence-corrected chi connectivity index (χ3v) is 8.16. The van der Waals surface area contributed by atoms with Crippen molar-refractivity contribution in [2.75, 3.05) is 31.6 Å². The van der Waals surface area contributed by atoms with Crippen LogP contribution >= 0.6 is 0 Å². The molecule has 2 aliphatic heterocycles. The molecule has 0 bridgehead atoms. The number of anilines is 1. The molecule has 3 fully saturated rings. The van der Waals surface area contributed by atoms with Crippen molar-refractivity contribution in [2.45, 2.75) is 84.3 Å². The lowest BCUT2D eigenvalue weighted by atomic mass is 9.61. The van der Waals surface area contributed by atoms with Crippen molar-refractivity contribution < 1.29 is 32.6 Å². The summed E-state index contributed by atoms with van der Waals surface area (Å²) in [5.74, 6) is 3.14. The molecule has 3 heterocycles. The Kier molecular flexibility index (Phi) is 8.82. The van der Waals surface area contributed by atoms with Gasteiger partial charge in [0.2, 0.25) is 5.91 Å². The molecule has 0 unspecified atom stereocenters. The zero-order chi connectivity index (χ0) is 31.8. The number of hydrogen-bond acceptors (Lipinski definition) is 8. The van der Waals surface area contributed by atoms with Gasteiger partial charge in [0.25, 0.3) is 6.43 Å². The Hall–Kier alpha value is -3.82. The van der Waals surface area contributed by atoms with Gasteiger partial charge in [-0.15, -0.1) is 6.42 Å². The topological polar surface area (TPSA) is 115 Å². The number of ether oxygens (including phenoxy) is 3. The van der Waals surface area contributed by atoms with Gasteiger partial charge >= 0.3 is 6.09 Å². The standard InChI is InChI=1S/C32H39F2N5O5/c1-7-23(21-9-8-10-22(18(21)2)27(33)34)38-28-26(29-42-11-12-43-29)24(35-19(3)36-28)13-25(40)37-20-14-32(15-20)16-39(17-32)30(41)44-31(4,5)6/h1,8-10,20,23,27,29H,11-17H2,2-6H3,(H,37,40)(H,35,36,38)/t23-/m1/s1. The first-order chi connectivity index (χ1) is 20.8. The fourth-order valence-corrected chi connectivity index (χ4v) is 6.22. The SMILES string of the molecule is C#C[C@@H](Nc1nc(C)nc(CC(=O)NC2CC3(C2)CN(C(=O)OC(C)(C)C)C3)c1C1OCCO1)c1cccc(C(F)F)c1C. The fourth-order valence-electron chi connectivity index (χ4n) is 6.22. The van der Waals surface area contributed by atoms with Crippen LogP contribution in [-0.2, 0) is 25.4 Å². The lowest BCUT2D eigenvalue weighted by Crippen LogP contribution is -2.68. The van der Waals surface area contributed by atoms with E-state index >= 15 is 0 Å². The zero-order valence-electron chi connectivity index (χ0n) is 25.7. The van der Waals surface area contributed by atoms with Crippen LogP contribution in [0.15, 0.2) is 18.2 Å². The van der Waals surface area contributed by atoms with Crippen LogP contribution in [-0.4, -0.2) is 64.8 Å². The average Bonchev–Trinajstić information content (AvgIpc) is 3.41. The number of alkyl halides is 2. The molecule has 236 valence electrons. The Morgan fingerprint density at radius 1 is 1.16 bits per heavy atom. The monoisotopic (exact) mass is 611 g/mol. The second-order valence-corrected chi connectivity index (χ2v) is 12.8. The Morgan fingerprint density at radius 3 is 2.43 bits per heavy atom. The Labute approximate surface area is 256 Å². The number of likely N-dealkylation sites (tertiary alicyclic amines) is 1. The van der Waals surface area contributed by atoms with Gasteiger partial charge in [-0.2, -0.15) is 0 Å². The molecule has 10 nitrogen and oxygen atoms in total. The first kappa shape index (κ1) is 31.6. The number of carbonyl (C=O) groups is 2. The number of nitrogens with zero attached hydrogens (tertiary/aromatic N) is 3. The predicted octanol–water partition coefficient (Wildman–Crippen LogP) is 4.92. The van der Waals surface area contributed by atoms with E-state index in [1.54, 1.807) is 30.9 Å². The van der Waals surface area contributed by atoms with Crippen molar-refractivity contribution in [3.05, 3.63) is 52.0 Å². The van der Waals surface area contributed by atoms with Crippen LogP contribution in [0.25, 0.3) is 0 Å². The molecule has 2 amide bonds. The second-order valence-electron chi connectivity index (χ2n) is 12.8. The highest BCUT2D eigenvalue weighted by Gasteiger charge is 2.54. The molecule has 1 spiro atoms. The molecule has 1 saturated carbocycles. The molecular weight excluding hydrogens is 572 g/mol. The number of nitrogens with one attached hydrogen (secondary N) is 2. The van der Waals surface area contributed by atoms with Gasteiger partial charge in [-0.1, -0.05) is 24.1 Å². The molecule has 44 heavy (non-hydrogen) atoms. The Bertz CT molecular complexity index is 1450. The van der Waals surface area contributed by atoms with Gasteiger partial charge in [0.1, 0.15) is 23.3 Å². The van der Waals surface area contributed by atoms with Gasteiger partial charge in [-0.3, -0.25) is 4.79 Å². The summed E-state index contributed by atoms with van der Waals surface area (Å²) in [4.78, 5) is 36.4. The fraction of sp³-hybridized carbons (Fsp3) is 0.562. The number of terminal acetylenes is 1. The van der Waals surface area contributed by atoms with E-state index in [0.29, 0.717) is 60.3 Å². The van der Waals surface area contributed by atoms with Crippen LogP contribution in [0, 0.1) is 31.6 Å². The second kappa shape index (κ2) is 12.3. The molecule has 2 aromatic rings. The van der Waals surface area contributed by atoms with Crippen molar-refractivity contribution in [1.29, 1.82) is 0 Å². The molecule has 2 N–H and O–H groups in total. The summed E-state index contributed by atoms with van der Waals surface area (Å²) in [7, 11) is 0. The maximum atomic E-state index is 13.6. The minimum atomic E-state index is -2.64. The third kappa shape index (κ3) is 6.79. The van der Waals surface area contributed by atoms with Gasteiger partial charge in [-0.05, 0) is 58.6 Å². The van der Waals surface area contributed by atoms with Crippen molar-refractivity contribution in [2.24, 2.45) is 5.41 Å². The van der Waals surface area contributed by atoms with Crippen LogP contribution in [0.4, 0.5) is 19.4 Å². The lowest BCUT2D eigenvalue weighted by molar-refractivity contribution is -0.126. The number of carbonyl (C=O) groups excluding carboxylic acids is 2. The van der Waals surface area contributed by atoms with E-state index in [4.69, 9.17) is 20.6 Å². The molecule has 3 aliphatic rings. The molecule has 1 aromatic heterocycles. The third-order valence-electron chi connectivity index (χ3n) is 8.16. The van der Waals surface area contributed by atoms with E-state index in [1.807, 2.05) is 20.8 Å². The van der Waals surface area contributed by atoms with Crippen LogP contribution in [0.1, 0.15) is 86.1 Å². The van der Waals surface area contributed by atoms with E-state index in [1.165, 1.54) is 6.07 Å². The van der Waals surface area contributed by atoms with Crippen LogP contribution in [0.3, 0.4) is 0 Å². The van der Waals surface area contributed by atoms with Gasteiger partial charge in [-0.25, -0.2) is 23.5 Å². The minimum absolute atomic E-state index is 0.0119. The van der Waals surface area contributed by atoms with Crippen molar-refractivity contribution >= 4 is 17.8 Å². The highest BCUT2D eigenvalue weighted by Crippen LogP contribution is 2.48. The number of benzene rings is 1. The summed E-state index contributed by atoms with van der Waals surface area (Å²) in [6.45, 7) is 10.8. The zero-order valence-corrected chi connectivity index (χ0v) is 25.7. The number of halogens is 2. The number of rotatable bonds is 8. The van der Waals surface area contributed by atoms with E-state index in [9.17, 15) is 18.4 Å². The Balaban J connectivity index is 1.28. The average molecular weight is 612 g/mol. The van der Waals surface area contributed by atoms with Crippen molar-refractivity contribution in [3.63, 3.8) is 0 Å². The van der Waals surface area contributed by atoms with Crippen LogP contribution in [0.5, 0.6) is 0 Å². The van der Waals surface area contributed by atoms with E-state index in [2.05, 4.69) is 26.5 Å². The lowest BCUT2D eigenvalue weighted by Gasteiger charge is -2.58. The summed E-state index contributed by atoms with van der Waals surface area (Å²) >= 11 is 0. The first-order valence-electron chi connectivity index (χ1n) is 14.8. The van der Waals surface area contributed by atoms with Crippen molar-refractivity contribution in [1.82, 2.24) is 20.2 Å². The molecule has 0 radical (unpaired) electrons. The molecular formula is C32H39F2N5O5.